The molecule has 0 fully saturated rings. The molecule has 1 heterocycles. The molecule has 0 aliphatic carbocycles. The molecule has 1 N–H and O–H groups in total. The summed E-state index contributed by atoms with van der Waals surface area (Å²) in [5, 5.41) is 13.7. The second kappa shape index (κ2) is 9.07. The Balaban J connectivity index is 1.97. The lowest BCUT2D eigenvalue weighted by Crippen LogP contribution is -2.30. The molecule has 146 valence electrons. The predicted octanol–water partition coefficient (Wildman–Crippen LogP) is 3.74. The highest BCUT2D eigenvalue weighted by Gasteiger charge is 2.19. The number of rotatable bonds is 8. The van der Waals surface area contributed by atoms with Crippen molar-refractivity contribution in [3.63, 3.8) is 0 Å². The quantitative estimate of drug-likeness (QED) is 0.641. The largest absolute Gasteiger partial charge is 0.497 e. The van der Waals surface area contributed by atoms with E-state index in [1.807, 2.05) is 31.2 Å². The van der Waals surface area contributed by atoms with Crippen molar-refractivity contribution in [3.8, 4) is 17.1 Å². The molecular weight excluding hydrogens is 361 g/mol. The van der Waals surface area contributed by atoms with Crippen LogP contribution in [0, 0.1) is 5.82 Å². The first-order valence-corrected chi connectivity index (χ1v) is 9.08. The lowest BCUT2D eigenvalue weighted by Gasteiger charge is -2.24. The number of hydrogen-bond donors (Lipinski definition) is 1. The molecule has 1 amide bonds. The second-order valence-corrected chi connectivity index (χ2v) is 6.37. The molecule has 0 unspecified atom stereocenters. The average Bonchev–Trinajstić information content (AvgIpc) is 3.25. The van der Waals surface area contributed by atoms with Gasteiger partial charge in [0.1, 0.15) is 11.6 Å². The number of methoxy groups -OCH3 is 1. The van der Waals surface area contributed by atoms with Crippen LogP contribution in [0.3, 0.4) is 0 Å². The van der Waals surface area contributed by atoms with Gasteiger partial charge in [-0.05, 0) is 47.5 Å². The van der Waals surface area contributed by atoms with Crippen LogP contribution in [0.25, 0.3) is 11.4 Å². The Labute approximate surface area is 162 Å². The van der Waals surface area contributed by atoms with Crippen molar-refractivity contribution in [2.24, 2.45) is 0 Å². The number of carbonyl (C=O) groups is 1. The van der Waals surface area contributed by atoms with Crippen LogP contribution < -0.4 is 9.64 Å². The first kappa shape index (κ1) is 19.5. The first-order valence-electron chi connectivity index (χ1n) is 9.08. The maximum atomic E-state index is 14.3. The monoisotopic (exact) mass is 383 g/mol. The van der Waals surface area contributed by atoms with Crippen LogP contribution >= 0.6 is 0 Å². The Bertz CT molecular complexity index is 930. The number of amides is 1. The molecule has 0 aliphatic heterocycles. The van der Waals surface area contributed by atoms with Crippen molar-refractivity contribution < 1.29 is 13.9 Å². The maximum Gasteiger partial charge on any atom is 0.227 e. The smallest absolute Gasteiger partial charge is 0.227 e. The molecule has 3 aromatic rings. The van der Waals surface area contributed by atoms with E-state index in [-0.39, 0.29) is 11.7 Å². The Morgan fingerprint density at radius 1 is 1.25 bits per heavy atom. The minimum absolute atomic E-state index is 0.0747. The van der Waals surface area contributed by atoms with Gasteiger partial charge < -0.3 is 9.64 Å². The third kappa shape index (κ3) is 4.70. The van der Waals surface area contributed by atoms with Crippen LogP contribution in [0.1, 0.15) is 31.7 Å². The summed E-state index contributed by atoms with van der Waals surface area (Å²) in [6, 6.07) is 11.8. The van der Waals surface area contributed by atoms with Crippen LogP contribution in [0.15, 0.2) is 42.5 Å². The van der Waals surface area contributed by atoms with Gasteiger partial charge >= 0.3 is 0 Å². The molecule has 0 saturated heterocycles. The summed E-state index contributed by atoms with van der Waals surface area (Å²) in [6.07, 6.45) is 2.05. The molecule has 0 saturated carbocycles. The van der Waals surface area contributed by atoms with Crippen molar-refractivity contribution >= 4 is 11.6 Å². The summed E-state index contributed by atoms with van der Waals surface area (Å²) in [7, 11) is 1.59. The number of nitrogens with zero attached hydrogens (tertiary/aromatic N) is 4. The SMILES string of the molecule is CCCCC(=O)N(Cc1cccc(OC)c1)c1cc(F)cc(-c2nn[nH]n2)c1. The van der Waals surface area contributed by atoms with E-state index in [0.29, 0.717) is 30.0 Å². The minimum atomic E-state index is -0.476. The summed E-state index contributed by atoms with van der Waals surface area (Å²) >= 11 is 0. The molecule has 7 nitrogen and oxygen atoms in total. The fourth-order valence-corrected chi connectivity index (χ4v) is 2.88. The van der Waals surface area contributed by atoms with Crippen molar-refractivity contribution in [3.05, 3.63) is 53.8 Å². The highest BCUT2D eigenvalue weighted by Crippen LogP contribution is 2.27. The molecule has 28 heavy (non-hydrogen) atoms. The molecule has 0 aliphatic rings. The number of halogens is 1. The zero-order valence-corrected chi connectivity index (χ0v) is 15.9. The van der Waals surface area contributed by atoms with E-state index in [9.17, 15) is 9.18 Å². The van der Waals surface area contributed by atoms with Gasteiger partial charge in [-0.1, -0.05) is 25.5 Å². The van der Waals surface area contributed by atoms with Crippen LogP contribution in [-0.4, -0.2) is 33.6 Å². The number of aromatic nitrogens is 4. The van der Waals surface area contributed by atoms with Gasteiger partial charge in [0.05, 0.1) is 13.7 Å². The molecule has 2 aromatic carbocycles. The fraction of sp³-hybridized carbons (Fsp3) is 0.300. The van der Waals surface area contributed by atoms with E-state index in [1.165, 1.54) is 12.1 Å². The summed E-state index contributed by atoms with van der Waals surface area (Å²) in [5.74, 6) is 0.416. The third-order valence-corrected chi connectivity index (χ3v) is 4.32. The molecule has 3 rings (SSSR count). The molecule has 1 aromatic heterocycles. The standard InChI is InChI=1S/C20H22FN5O2/c1-3-4-8-19(27)26(13-14-6-5-7-18(9-14)28-2)17-11-15(10-16(21)12-17)20-22-24-25-23-20/h5-7,9-12H,3-4,8,13H2,1-2H3,(H,22,23,24,25). The van der Waals surface area contributed by atoms with E-state index in [2.05, 4.69) is 20.6 Å². The Kier molecular flexibility index (Phi) is 6.31. The van der Waals surface area contributed by atoms with Gasteiger partial charge in [-0.2, -0.15) is 5.21 Å². The number of H-pyrrole nitrogens is 1. The summed E-state index contributed by atoms with van der Waals surface area (Å²) in [4.78, 5) is 14.5. The second-order valence-electron chi connectivity index (χ2n) is 6.37. The third-order valence-electron chi connectivity index (χ3n) is 4.32. The number of tetrazole rings is 1. The van der Waals surface area contributed by atoms with Gasteiger partial charge in [0, 0.05) is 17.7 Å². The van der Waals surface area contributed by atoms with Crippen molar-refractivity contribution in [2.45, 2.75) is 32.7 Å². The summed E-state index contributed by atoms with van der Waals surface area (Å²) in [5.41, 5.74) is 1.78. The fourth-order valence-electron chi connectivity index (χ4n) is 2.88. The normalized spacial score (nSPS) is 10.7. The van der Waals surface area contributed by atoms with Crippen LogP contribution in [-0.2, 0) is 11.3 Å². The van der Waals surface area contributed by atoms with Gasteiger partial charge in [-0.25, -0.2) is 4.39 Å². The van der Waals surface area contributed by atoms with Gasteiger partial charge in [0.25, 0.3) is 0 Å². The number of carbonyl (C=O) groups excluding carboxylic acids is 1. The van der Waals surface area contributed by atoms with E-state index in [4.69, 9.17) is 4.74 Å². The van der Waals surface area contributed by atoms with Crippen molar-refractivity contribution in [1.82, 2.24) is 20.6 Å². The molecule has 8 heteroatoms. The van der Waals surface area contributed by atoms with E-state index in [1.54, 1.807) is 18.1 Å². The lowest BCUT2D eigenvalue weighted by atomic mass is 10.1. The number of unbranched alkanes of at least 4 members (excludes halogenated alkanes) is 1. The molecule has 0 radical (unpaired) electrons. The van der Waals surface area contributed by atoms with Crippen LogP contribution in [0.5, 0.6) is 5.75 Å². The average molecular weight is 383 g/mol. The van der Waals surface area contributed by atoms with Crippen LogP contribution in [0.2, 0.25) is 0 Å². The van der Waals surface area contributed by atoms with Crippen molar-refractivity contribution in [1.29, 1.82) is 0 Å². The Morgan fingerprint density at radius 2 is 2.11 bits per heavy atom. The number of ether oxygens (including phenoxy) is 1. The van der Waals surface area contributed by atoms with Crippen LogP contribution in [0.4, 0.5) is 10.1 Å². The van der Waals surface area contributed by atoms with Gasteiger partial charge in [-0.15, -0.1) is 10.2 Å². The minimum Gasteiger partial charge on any atom is -0.497 e. The number of hydrogen-bond acceptors (Lipinski definition) is 5. The van der Waals surface area contributed by atoms with Crippen molar-refractivity contribution in [2.75, 3.05) is 12.0 Å². The summed E-state index contributed by atoms with van der Waals surface area (Å²) in [6.45, 7) is 2.32. The predicted molar refractivity (Wildman–Crippen MR) is 103 cm³/mol. The van der Waals surface area contributed by atoms with E-state index in [0.717, 1.165) is 18.4 Å². The van der Waals surface area contributed by atoms with E-state index < -0.39 is 5.82 Å². The highest BCUT2D eigenvalue weighted by molar-refractivity contribution is 5.93. The topological polar surface area (TPSA) is 84.0 Å². The zero-order valence-electron chi connectivity index (χ0n) is 15.9. The zero-order chi connectivity index (χ0) is 19.9. The number of aromatic amines is 1. The first-order chi connectivity index (χ1) is 13.6. The Hall–Kier alpha value is -3.29. The molecule has 0 atom stereocenters. The number of anilines is 1. The molecule has 0 bridgehead atoms. The Morgan fingerprint density at radius 3 is 2.82 bits per heavy atom. The lowest BCUT2D eigenvalue weighted by molar-refractivity contribution is -0.118. The molecular formula is C20H22FN5O2. The summed E-state index contributed by atoms with van der Waals surface area (Å²) < 4.78 is 19.6. The van der Waals surface area contributed by atoms with Gasteiger partial charge in [0.2, 0.25) is 11.7 Å². The number of benzene rings is 2. The number of nitrogens with one attached hydrogen (secondary N) is 1. The van der Waals surface area contributed by atoms with E-state index >= 15 is 0 Å². The van der Waals surface area contributed by atoms with Gasteiger partial charge in [0.15, 0.2) is 0 Å². The molecule has 0 spiro atoms. The van der Waals surface area contributed by atoms with Gasteiger partial charge in [-0.3, -0.25) is 4.79 Å². The maximum absolute atomic E-state index is 14.3. The highest BCUT2D eigenvalue weighted by atomic mass is 19.1.